The summed E-state index contributed by atoms with van der Waals surface area (Å²) in [4.78, 5) is 2.80. The predicted octanol–water partition coefficient (Wildman–Crippen LogP) is 4.68. The van der Waals surface area contributed by atoms with Gasteiger partial charge in [-0.3, -0.25) is 0 Å². The second-order valence-corrected chi connectivity index (χ2v) is 7.12. The number of benzene rings is 1. The third-order valence-corrected chi connectivity index (χ3v) is 4.78. The number of hydrogen-bond acceptors (Lipinski definition) is 2. The van der Waals surface area contributed by atoms with Crippen LogP contribution in [0.3, 0.4) is 0 Å². The van der Waals surface area contributed by atoms with E-state index in [0.29, 0.717) is 6.04 Å². The monoisotopic (exact) mass is 273 g/mol. The second-order valence-electron chi connectivity index (χ2n) is 5.80. The van der Waals surface area contributed by atoms with Gasteiger partial charge in [-0.25, -0.2) is 0 Å². The molecule has 102 valence electrons. The quantitative estimate of drug-likeness (QED) is 0.833. The summed E-state index contributed by atoms with van der Waals surface area (Å²) in [6.45, 7) is 9.97. The van der Waals surface area contributed by atoms with Crippen LogP contribution in [-0.2, 0) is 5.41 Å². The summed E-state index contributed by atoms with van der Waals surface area (Å²) in [6.07, 6.45) is 0. The highest BCUT2D eigenvalue weighted by molar-refractivity contribution is 7.12. The Labute approximate surface area is 120 Å². The molecule has 0 saturated heterocycles. The molecule has 0 aliphatic rings. The smallest absolute Gasteiger partial charge is 0.0386 e. The molecule has 2 rings (SSSR count). The molecule has 1 aromatic carbocycles. The Morgan fingerprint density at radius 1 is 1.11 bits per heavy atom. The minimum atomic E-state index is 0.155. The van der Waals surface area contributed by atoms with Crippen molar-refractivity contribution in [3.05, 3.63) is 57.8 Å². The van der Waals surface area contributed by atoms with Crippen LogP contribution in [0.5, 0.6) is 0 Å². The average Bonchev–Trinajstić information content (AvgIpc) is 2.84. The van der Waals surface area contributed by atoms with Gasteiger partial charge in [0.05, 0.1) is 0 Å². The summed E-state index contributed by atoms with van der Waals surface area (Å²) in [6, 6.07) is 15.6. The van der Waals surface area contributed by atoms with E-state index in [-0.39, 0.29) is 5.41 Å². The molecular weight excluding hydrogens is 250 g/mol. The van der Waals surface area contributed by atoms with Gasteiger partial charge in [0.25, 0.3) is 0 Å². The molecule has 2 heteroatoms. The SMILES string of the molecule is Cc1ccc(C(C)NCC(C)(C)c2ccccc2)s1. The molecule has 0 bridgehead atoms. The Kier molecular flexibility index (Phi) is 4.43. The molecule has 1 heterocycles. The molecule has 1 unspecified atom stereocenters. The van der Waals surface area contributed by atoms with Crippen LogP contribution in [0.15, 0.2) is 42.5 Å². The van der Waals surface area contributed by atoms with Crippen molar-refractivity contribution in [2.75, 3.05) is 6.54 Å². The van der Waals surface area contributed by atoms with Crippen LogP contribution < -0.4 is 5.32 Å². The first-order valence-corrected chi connectivity index (χ1v) is 7.66. The zero-order chi connectivity index (χ0) is 13.9. The number of aryl methyl sites for hydroxylation is 1. The van der Waals surface area contributed by atoms with E-state index in [4.69, 9.17) is 0 Å². The van der Waals surface area contributed by atoms with Gasteiger partial charge in [0.1, 0.15) is 0 Å². The fourth-order valence-electron chi connectivity index (χ4n) is 2.19. The zero-order valence-electron chi connectivity index (χ0n) is 12.2. The van der Waals surface area contributed by atoms with Gasteiger partial charge in [-0.2, -0.15) is 0 Å². The first kappa shape index (κ1) is 14.3. The maximum Gasteiger partial charge on any atom is 0.0386 e. The lowest BCUT2D eigenvalue weighted by atomic mass is 9.84. The van der Waals surface area contributed by atoms with E-state index in [2.05, 4.69) is 75.5 Å². The predicted molar refractivity (Wildman–Crippen MR) is 84.9 cm³/mol. The lowest BCUT2D eigenvalue weighted by Crippen LogP contribution is -2.34. The molecule has 1 nitrogen and oxygen atoms in total. The largest absolute Gasteiger partial charge is 0.309 e. The van der Waals surface area contributed by atoms with E-state index < -0.39 is 0 Å². The lowest BCUT2D eigenvalue weighted by molar-refractivity contribution is 0.438. The Hall–Kier alpha value is -1.12. The molecule has 0 saturated carbocycles. The first-order chi connectivity index (χ1) is 8.99. The molecule has 0 fully saturated rings. The number of nitrogens with one attached hydrogen (secondary N) is 1. The standard InChI is InChI=1S/C17H23NS/c1-13-10-11-16(19-13)14(2)18-12-17(3,4)15-8-6-5-7-9-15/h5-11,14,18H,12H2,1-4H3. The maximum atomic E-state index is 3.66. The van der Waals surface area contributed by atoms with Crippen LogP contribution in [0.4, 0.5) is 0 Å². The molecule has 0 aliphatic carbocycles. The van der Waals surface area contributed by atoms with Gasteiger partial charge in [0.2, 0.25) is 0 Å². The summed E-state index contributed by atoms with van der Waals surface area (Å²) in [5.74, 6) is 0. The number of thiophene rings is 1. The van der Waals surface area contributed by atoms with Crippen molar-refractivity contribution in [1.29, 1.82) is 0 Å². The van der Waals surface area contributed by atoms with Crippen molar-refractivity contribution in [3.8, 4) is 0 Å². The van der Waals surface area contributed by atoms with Crippen LogP contribution in [0.25, 0.3) is 0 Å². The first-order valence-electron chi connectivity index (χ1n) is 6.84. The molecule has 2 aromatic rings. The topological polar surface area (TPSA) is 12.0 Å². The van der Waals surface area contributed by atoms with E-state index in [1.807, 2.05) is 11.3 Å². The molecule has 0 radical (unpaired) electrons. The van der Waals surface area contributed by atoms with Crippen molar-refractivity contribution in [2.45, 2.75) is 39.2 Å². The van der Waals surface area contributed by atoms with E-state index in [9.17, 15) is 0 Å². The maximum absolute atomic E-state index is 3.66. The minimum absolute atomic E-state index is 0.155. The molecule has 19 heavy (non-hydrogen) atoms. The molecule has 0 aliphatic heterocycles. The van der Waals surface area contributed by atoms with Gasteiger partial charge in [0.15, 0.2) is 0 Å². The second kappa shape index (κ2) is 5.89. The fraction of sp³-hybridized carbons (Fsp3) is 0.412. The van der Waals surface area contributed by atoms with E-state index in [1.54, 1.807) is 0 Å². The van der Waals surface area contributed by atoms with Crippen molar-refractivity contribution in [2.24, 2.45) is 0 Å². The Bertz CT molecular complexity index is 513. The van der Waals surface area contributed by atoms with Gasteiger partial charge < -0.3 is 5.32 Å². The van der Waals surface area contributed by atoms with E-state index in [0.717, 1.165) is 6.54 Å². The van der Waals surface area contributed by atoms with Crippen LogP contribution in [0, 0.1) is 6.92 Å². The van der Waals surface area contributed by atoms with Gasteiger partial charge in [-0.15, -0.1) is 11.3 Å². The summed E-state index contributed by atoms with van der Waals surface area (Å²) in [7, 11) is 0. The highest BCUT2D eigenvalue weighted by atomic mass is 32.1. The van der Waals surface area contributed by atoms with Gasteiger partial charge in [-0.05, 0) is 31.5 Å². The summed E-state index contributed by atoms with van der Waals surface area (Å²) < 4.78 is 0. The van der Waals surface area contributed by atoms with Crippen molar-refractivity contribution in [1.82, 2.24) is 5.32 Å². The number of rotatable bonds is 5. The van der Waals surface area contributed by atoms with E-state index >= 15 is 0 Å². The minimum Gasteiger partial charge on any atom is -0.309 e. The molecule has 0 spiro atoms. The molecule has 1 N–H and O–H groups in total. The average molecular weight is 273 g/mol. The van der Waals surface area contributed by atoms with Crippen LogP contribution in [0.2, 0.25) is 0 Å². The van der Waals surface area contributed by atoms with Gasteiger partial charge >= 0.3 is 0 Å². The molecule has 0 amide bonds. The van der Waals surface area contributed by atoms with Crippen molar-refractivity contribution < 1.29 is 0 Å². The Balaban J connectivity index is 1.98. The van der Waals surface area contributed by atoms with Gasteiger partial charge in [-0.1, -0.05) is 44.2 Å². The molecule has 1 aromatic heterocycles. The third kappa shape index (κ3) is 3.68. The van der Waals surface area contributed by atoms with Crippen molar-refractivity contribution >= 4 is 11.3 Å². The Morgan fingerprint density at radius 3 is 2.37 bits per heavy atom. The molecule has 1 atom stereocenters. The van der Waals surface area contributed by atoms with Gasteiger partial charge in [0, 0.05) is 27.8 Å². The van der Waals surface area contributed by atoms with Crippen LogP contribution >= 0.6 is 11.3 Å². The number of hydrogen-bond donors (Lipinski definition) is 1. The van der Waals surface area contributed by atoms with E-state index in [1.165, 1.54) is 15.3 Å². The lowest BCUT2D eigenvalue weighted by Gasteiger charge is -2.27. The molecular formula is C17H23NS. The van der Waals surface area contributed by atoms with Crippen LogP contribution in [0.1, 0.15) is 42.1 Å². The van der Waals surface area contributed by atoms with Crippen LogP contribution in [-0.4, -0.2) is 6.54 Å². The Morgan fingerprint density at radius 2 is 1.79 bits per heavy atom. The third-order valence-electron chi connectivity index (χ3n) is 3.59. The highest BCUT2D eigenvalue weighted by Gasteiger charge is 2.21. The summed E-state index contributed by atoms with van der Waals surface area (Å²) >= 11 is 1.88. The normalized spacial score (nSPS) is 13.5. The summed E-state index contributed by atoms with van der Waals surface area (Å²) in [5, 5.41) is 3.66. The van der Waals surface area contributed by atoms with Crippen molar-refractivity contribution in [3.63, 3.8) is 0 Å². The highest BCUT2D eigenvalue weighted by Crippen LogP contribution is 2.25. The fourth-order valence-corrected chi connectivity index (χ4v) is 3.09. The summed E-state index contributed by atoms with van der Waals surface area (Å²) in [5.41, 5.74) is 1.54. The zero-order valence-corrected chi connectivity index (χ0v) is 13.1.